The number of benzene rings is 1. The minimum Gasteiger partial charge on any atom is -0.461 e. The second-order valence-corrected chi connectivity index (χ2v) is 11.1. The number of carbonyl (C=O) groups excluding carboxylic acids is 1. The molecule has 3 aromatic heterocycles. The molecule has 0 radical (unpaired) electrons. The molecule has 6 heterocycles. The summed E-state index contributed by atoms with van der Waals surface area (Å²) in [7, 11) is 0. The third kappa shape index (κ3) is 4.34. The highest BCUT2D eigenvalue weighted by Crippen LogP contribution is 2.41. The van der Waals surface area contributed by atoms with E-state index in [2.05, 4.69) is 25.0 Å². The van der Waals surface area contributed by atoms with Crippen LogP contribution in [0.1, 0.15) is 31.2 Å². The van der Waals surface area contributed by atoms with Crippen molar-refractivity contribution < 1.29 is 18.0 Å². The Bertz CT molecular complexity index is 1560. The summed E-state index contributed by atoms with van der Waals surface area (Å²) in [5, 5.41) is 4.34. The number of nitrogens with zero attached hydrogens (tertiary/aromatic N) is 8. The lowest BCUT2D eigenvalue weighted by Gasteiger charge is -2.54. The minimum atomic E-state index is -0.562. The average Bonchev–Trinajstić information content (AvgIpc) is 3.69. The van der Waals surface area contributed by atoms with Crippen LogP contribution in [0.4, 0.5) is 20.7 Å². The maximum Gasteiger partial charge on any atom is 0.259 e. The molecule has 0 aliphatic carbocycles. The van der Waals surface area contributed by atoms with Crippen LogP contribution in [-0.2, 0) is 11.3 Å². The number of hydrogen-bond acceptors (Lipinski definition) is 9. The smallest absolute Gasteiger partial charge is 0.259 e. The van der Waals surface area contributed by atoms with E-state index < -0.39 is 11.6 Å². The van der Waals surface area contributed by atoms with Crippen LogP contribution in [0.15, 0.2) is 41.0 Å². The number of carbonyl (C=O) groups is 1. The van der Waals surface area contributed by atoms with Gasteiger partial charge in [-0.1, -0.05) is 6.07 Å². The molecule has 3 saturated heterocycles. The largest absolute Gasteiger partial charge is 0.461 e. The summed E-state index contributed by atoms with van der Waals surface area (Å²) in [5.41, 5.74) is 6.85. The van der Waals surface area contributed by atoms with Gasteiger partial charge in [-0.05, 0) is 49.3 Å². The molecule has 1 spiro atoms. The fourth-order valence-corrected chi connectivity index (χ4v) is 6.33. The Morgan fingerprint density at radius 3 is 2.67 bits per heavy atom. The SMILES string of the molecule is Nc1nc(N2CCC[C@H]2C(=O)N2CCC3(CC2)CN(Cc2ccc(F)cc2F)C3)nc2nc(-c3ccco3)nn12. The highest BCUT2D eigenvalue weighted by molar-refractivity contribution is 5.85. The number of amides is 1. The van der Waals surface area contributed by atoms with Crippen LogP contribution in [0, 0.1) is 17.0 Å². The Morgan fingerprint density at radius 2 is 1.93 bits per heavy atom. The zero-order valence-electron chi connectivity index (χ0n) is 21.8. The molecule has 13 heteroatoms. The van der Waals surface area contributed by atoms with Gasteiger partial charge in [-0.25, -0.2) is 8.78 Å². The molecule has 2 N–H and O–H groups in total. The van der Waals surface area contributed by atoms with Crippen molar-refractivity contribution in [3.63, 3.8) is 0 Å². The van der Waals surface area contributed by atoms with Crippen molar-refractivity contribution in [1.82, 2.24) is 34.4 Å². The molecule has 0 saturated carbocycles. The highest BCUT2D eigenvalue weighted by Gasteiger charge is 2.46. The minimum absolute atomic E-state index is 0.0803. The van der Waals surface area contributed by atoms with E-state index in [0.29, 0.717) is 55.1 Å². The number of fused-ring (bicyclic) bond motifs is 1. The van der Waals surface area contributed by atoms with E-state index in [4.69, 9.17) is 10.2 Å². The van der Waals surface area contributed by atoms with Gasteiger partial charge in [-0.2, -0.15) is 19.5 Å². The molecule has 7 rings (SSSR count). The number of anilines is 2. The topological polar surface area (TPSA) is 122 Å². The first kappa shape index (κ1) is 24.9. The summed E-state index contributed by atoms with van der Waals surface area (Å²) >= 11 is 0. The van der Waals surface area contributed by atoms with Crippen LogP contribution in [-0.4, -0.2) is 79.0 Å². The van der Waals surface area contributed by atoms with E-state index in [1.807, 2.05) is 9.80 Å². The van der Waals surface area contributed by atoms with Gasteiger partial charge in [-0.3, -0.25) is 9.69 Å². The number of halogens is 2. The van der Waals surface area contributed by atoms with Crippen LogP contribution in [0.3, 0.4) is 0 Å². The number of rotatable bonds is 5. The van der Waals surface area contributed by atoms with Crippen molar-refractivity contribution in [3.05, 3.63) is 53.8 Å². The molecule has 1 amide bonds. The summed E-state index contributed by atoms with van der Waals surface area (Å²) < 4.78 is 34.0. The molecule has 0 unspecified atom stereocenters. The van der Waals surface area contributed by atoms with Crippen LogP contribution in [0.5, 0.6) is 0 Å². The number of aromatic nitrogens is 5. The third-order valence-electron chi connectivity index (χ3n) is 8.42. The van der Waals surface area contributed by atoms with Crippen LogP contribution < -0.4 is 10.6 Å². The Kier molecular flexibility index (Phi) is 5.91. The average molecular weight is 550 g/mol. The Labute approximate surface area is 228 Å². The van der Waals surface area contributed by atoms with E-state index in [-0.39, 0.29) is 23.3 Å². The predicted molar refractivity (Wildman–Crippen MR) is 141 cm³/mol. The molecule has 4 aromatic rings. The third-order valence-corrected chi connectivity index (χ3v) is 8.42. The molecule has 0 bridgehead atoms. The quantitative estimate of drug-likeness (QED) is 0.400. The fraction of sp³-hybridized carbons (Fsp3) is 0.444. The molecule has 3 aliphatic rings. The van der Waals surface area contributed by atoms with Gasteiger partial charge in [0.25, 0.3) is 5.78 Å². The van der Waals surface area contributed by atoms with Gasteiger partial charge in [0.2, 0.25) is 23.6 Å². The van der Waals surface area contributed by atoms with E-state index in [1.54, 1.807) is 18.4 Å². The number of nitrogen functional groups attached to an aromatic ring is 1. The molecule has 40 heavy (non-hydrogen) atoms. The summed E-state index contributed by atoms with van der Waals surface area (Å²) in [6, 6.07) is 6.89. The highest BCUT2D eigenvalue weighted by atomic mass is 19.1. The van der Waals surface area contributed by atoms with Gasteiger partial charge in [0.1, 0.15) is 17.7 Å². The van der Waals surface area contributed by atoms with Gasteiger partial charge in [0, 0.05) is 50.9 Å². The second-order valence-electron chi connectivity index (χ2n) is 11.1. The van der Waals surface area contributed by atoms with Crippen molar-refractivity contribution in [2.24, 2.45) is 5.41 Å². The first-order valence-electron chi connectivity index (χ1n) is 13.5. The maximum atomic E-state index is 14.1. The number of nitrogens with two attached hydrogens (primary N) is 1. The molecule has 208 valence electrons. The van der Waals surface area contributed by atoms with E-state index in [9.17, 15) is 13.6 Å². The normalized spacial score (nSPS) is 20.9. The lowest BCUT2D eigenvalue weighted by atomic mass is 9.71. The Balaban J connectivity index is 0.997. The molecule has 1 aromatic carbocycles. The van der Waals surface area contributed by atoms with Gasteiger partial charge in [0.05, 0.1) is 6.26 Å². The van der Waals surface area contributed by atoms with Gasteiger partial charge < -0.3 is 20.0 Å². The Hall–Kier alpha value is -4.13. The molecular formula is C27H29F2N9O2. The maximum absolute atomic E-state index is 14.1. The molecular weight excluding hydrogens is 520 g/mol. The monoisotopic (exact) mass is 549 g/mol. The van der Waals surface area contributed by atoms with Crippen molar-refractivity contribution in [2.45, 2.75) is 38.3 Å². The van der Waals surface area contributed by atoms with Gasteiger partial charge >= 0.3 is 0 Å². The first-order chi connectivity index (χ1) is 19.4. The zero-order valence-corrected chi connectivity index (χ0v) is 21.8. The lowest BCUT2D eigenvalue weighted by molar-refractivity contribution is -0.137. The molecule has 11 nitrogen and oxygen atoms in total. The van der Waals surface area contributed by atoms with E-state index in [1.165, 1.54) is 16.6 Å². The van der Waals surface area contributed by atoms with Crippen LogP contribution in [0.2, 0.25) is 0 Å². The van der Waals surface area contributed by atoms with E-state index in [0.717, 1.165) is 44.8 Å². The van der Waals surface area contributed by atoms with Gasteiger partial charge in [-0.15, -0.1) is 5.10 Å². The summed E-state index contributed by atoms with van der Waals surface area (Å²) in [4.78, 5) is 33.2. The Morgan fingerprint density at radius 1 is 1.10 bits per heavy atom. The first-order valence-corrected chi connectivity index (χ1v) is 13.5. The van der Waals surface area contributed by atoms with Crippen molar-refractivity contribution in [3.8, 4) is 11.6 Å². The zero-order chi connectivity index (χ0) is 27.4. The predicted octanol–water partition coefficient (Wildman–Crippen LogP) is 2.73. The standard InChI is InChI=1S/C27H29F2N9O2/c28-18-6-5-17(19(29)13-18)14-35-15-27(16-35)7-10-36(11-8-27)23(39)20-3-1-9-37(20)25-32-24(30)38-26(33-25)31-22(34-38)21-4-2-12-40-21/h2,4-6,12-13,20H,1,3,7-11,14-16H2,(H2,30,31,32,33,34)/t20-/m0/s1. The fourth-order valence-electron chi connectivity index (χ4n) is 6.33. The number of likely N-dealkylation sites (tertiary alicyclic amines) is 2. The molecule has 1 atom stereocenters. The number of piperidine rings is 1. The lowest BCUT2D eigenvalue weighted by Crippen LogP contribution is -2.61. The summed E-state index contributed by atoms with van der Waals surface area (Å²) in [6.45, 7) is 4.19. The van der Waals surface area contributed by atoms with Crippen molar-refractivity contribution in [2.75, 3.05) is 43.4 Å². The van der Waals surface area contributed by atoms with Gasteiger partial charge in [0.15, 0.2) is 5.76 Å². The van der Waals surface area contributed by atoms with Crippen LogP contribution >= 0.6 is 0 Å². The van der Waals surface area contributed by atoms with Crippen molar-refractivity contribution >= 4 is 23.6 Å². The second kappa shape index (κ2) is 9.51. The molecule has 3 fully saturated rings. The summed E-state index contributed by atoms with van der Waals surface area (Å²) in [6.07, 6.45) is 4.91. The van der Waals surface area contributed by atoms with Crippen LogP contribution in [0.25, 0.3) is 17.4 Å². The molecule has 3 aliphatic heterocycles. The van der Waals surface area contributed by atoms with Crippen molar-refractivity contribution in [1.29, 1.82) is 0 Å². The number of hydrogen-bond donors (Lipinski definition) is 1. The summed E-state index contributed by atoms with van der Waals surface area (Å²) in [5.74, 6) is 0.673. The van der Waals surface area contributed by atoms with E-state index >= 15 is 0 Å². The number of furan rings is 1.